The van der Waals surface area contributed by atoms with Crippen LogP contribution < -0.4 is 16.4 Å². The molecule has 0 saturated carbocycles. The van der Waals surface area contributed by atoms with Gasteiger partial charge in [-0.05, 0) is 24.9 Å². The first-order valence-corrected chi connectivity index (χ1v) is 9.82. The summed E-state index contributed by atoms with van der Waals surface area (Å²) < 4.78 is 5.06. The van der Waals surface area contributed by atoms with E-state index in [1.54, 1.807) is 24.3 Å². The standard InChI is InChI=1S/C18H23N5O5S/c19-9-5-4-8-14-22-23-17(29-14)16(26)20-13(10-15(24)25)21-18(27)28-11-12-6-2-1-3-7-12/h1-3,6-7,13H,4-5,8-11,19H2,(H,20,26)(H,21,27)(H,24,25)/t13-/m0/s1. The van der Waals surface area contributed by atoms with Crippen LogP contribution >= 0.6 is 11.3 Å². The maximum absolute atomic E-state index is 12.3. The van der Waals surface area contributed by atoms with Crippen LogP contribution in [0.4, 0.5) is 4.79 Å². The largest absolute Gasteiger partial charge is 0.481 e. The quantitative estimate of drug-likeness (QED) is 0.312. The van der Waals surface area contributed by atoms with Crippen molar-refractivity contribution in [2.45, 2.75) is 38.5 Å². The number of ether oxygens (including phenoxy) is 1. The fourth-order valence-corrected chi connectivity index (χ4v) is 3.09. The third-order valence-corrected chi connectivity index (χ3v) is 4.68. The Labute approximate surface area is 171 Å². The Kier molecular flexibility index (Phi) is 8.99. The SMILES string of the molecule is NCCCCc1nnc(C(=O)N[C@H](CC(=O)O)NC(=O)OCc2ccccc2)s1. The Balaban J connectivity index is 1.89. The molecule has 0 spiro atoms. The van der Waals surface area contributed by atoms with Crippen LogP contribution in [0, 0.1) is 0 Å². The molecule has 1 atom stereocenters. The van der Waals surface area contributed by atoms with Crippen LogP contribution in [0.5, 0.6) is 0 Å². The predicted octanol–water partition coefficient (Wildman–Crippen LogP) is 1.28. The first-order chi connectivity index (χ1) is 14.0. The van der Waals surface area contributed by atoms with Gasteiger partial charge < -0.3 is 26.2 Å². The Morgan fingerprint density at radius 2 is 1.90 bits per heavy atom. The van der Waals surface area contributed by atoms with Crippen LogP contribution in [-0.2, 0) is 22.6 Å². The fourth-order valence-electron chi connectivity index (χ4n) is 2.31. The number of amides is 2. The molecule has 0 bridgehead atoms. The molecule has 156 valence electrons. The van der Waals surface area contributed by atoms with Crippen molar-refractivity contribution in [1.29, 1.82) is 0 Å². The normalized spacial score (nSPS) is 11.5. The van der Waals surface area contributed by atoms with E-state index in [4.69, 9.17) is 15.6 Å². The highest BCUT2D eigenvalue weighted by Gasteiger charge is 2.22. The maximum atomic E-state index is 12.3. The van der Waals surface area contributed by atoms with Crippen molar-refractivity contribution in [3.05, 3.63) is 45.9 Å². The molecule has 1 heterocycles. The van der Waals surface area contributed by atoms with Gasteiger partial charge in [-0.3, -0.25) is 9.59 Å². The molecule has 0 radical (unpaired) electrons. The van der Waals surface area contributed by atoms with Gasteiger partial charge in [-0.2, -0.15) is 0 Å². The molecule has 0 aliphatic heterocycles. The molecule has 2 aromatic rings. The van der Waals surface area contributed by atoms with Gasteiger partial charge >= 0.3 is 12.1 Å². The zero-order valence-electron chi connectivity index (χ0n) is 15.7. The zero-order chi connectivity index (χ0) is 21.1. The van der Waals surface area contributed by atoms with Gasteiger partial charge in [-0.1, -0.05) is 41.7 Å². The highest BCUT2D eigenvalue weighted by molar-refractivity contribution is 7.13. The number of aliphatic carboxylic acids is 1. The van der Waals surface area contributed by atoms with Gasteiger partial charge in [0.15, 0.2) is 0 Å². The van der Waals surface area contributed by atoms with Gasteiger partial charge in [-0.15, -0.1) is 10.2 Å². The van der Waals surface area contributed by atoms with E-state index in [2.05, 4.69) is 20.8 Å². The summed E-state index contributed by atoms with van der Waals surface area (Å²) >= 11 is 1.11. The number of unbranched alkanes of at least 4 members (excludes halogenated alkanes) is 1. The summed E-state index contributed by atoms with van der Waals surface area (Å²) in [5.74, 6) is -1.82. The van der Waals surface area contributed by atoms with Crippen molar-refractivity contribution < 1.29 is 24.2 Å². The average Bonchev–Trinajstić information content (AvgIpc) is 3.16. The lowest BCUT2D eigenvalue weighted by molar-refractivity contribution is -0.137. The molecule has 0 aliphatic carbocycles. The molecule has 5 N–H and O–H groups in total. The third-order valence-electron chi connectivity index (χ3n) is 3.69. The fraction of sp³-hybridized carbons (Fsp3) is 0.389. The molecule has 11 heteroatoms. The summed E-state index contributed by atoms with van der Waals surface area (Å²) in [6.45, 7) is 0.595. The number of alkyl carbamates (subject to hydrolysis) is 1. The number of rotatable bonds is 11. The highest BCUT2D eigenvalue weighted by Crippen LogP contribution is 2.12. The van der Waals surface area contributed by atoms with E-state index >= 15 is 0 Å². The molecule has 2 amide bonds. The van der Waals surface area contributed by atoms with Crippen LogP contribution in [0.1, 0.15) is 39.6 Å². The monoisotopic (exact) mass is 421 g/mol. The van der Waals surface area contributed by atoms with Gasteiger partial charge in [0.1, 0.15) is 17.8 Å². The van der Waals surface area contributed by atoms with Crippen LogP contribution in [0.25, 0.3) is 0 Å². The van der Waals surface area contributed by atoms with Gasteiger partial charge in [0.25, 0.3) is 5.91 Å². The van der Waals surface area contributed by atoms with Gasteiger partial charge in [-0.25, -0.2) is 4.79 Å². The second-order valence-corrected chi connectivity index (χ2v) is 7.14. The summed E-state index contributed by atoms with van der Waals surface area (Å²) in [4.78, 5) is 35.4. The Morgan fingerprint density at radius 3 is 2.59 bits per heavy atom. The molecule has 1 aromatic heterocycles. The van der Waals surface area contributed by atoms with Crippen molar-refractivity contribution in [3.8, 4) is 0 Å². The molecular formula is C18H23N5O5S. The molecular weight excluding hydrogens is 398 g/mol. The predicted molar refractivity (Wildman–Crippen MR) is 105 cm³/mol. The Bertz CT molecular complexity index is 814. The molecule has 0 fully saturated rings. The van der Waals surface area contributed by atoms with Gasteiger partial charge in [0, 0.05) is 6.42 Å². The molecule has 0 unspecified atom stereocenters. The lowest BCUT2D eigenvalue weighted by Gasteiger charge is -2.17. The Hall–Kier alpha value is -3.05. The number of carboxylic acid groups (broad SMARTS) is 1. The third kappa shape index (κ3) is 8.23. The van der Waals surface area contributed by atoms with Gasteiger partial charge in [0.2, 0.25) is 5.01 Å². The average molecular weight is 421 g/mol. The number of nitrogens with zero attached hydrogens (tertiary/aromatic N) is 2. The van der Waals surface area contributed by atoms with E-state index in [1.165, 1.54) is 0 Å². The minimum absolute atomic E-state index is 0.0168. The van der Waals surface area contributed by atoms with E-state index in [-0.39, 0.29) is 11.6 Å². The van der Waals surface area contributed by atoms with E-state index in [1.807, 2.05) is 6.07 Å². The molecule has 2 rings (SSSR count). The van der Waals surface area contributed by atoms with E-state index in [9.17, 15) is 14.4 Å². The second-order valence-electron chi connectivity index (χ2n) is 6.08. The highest BCUT2D eigenvalue weighted by atomic mass is 32.1. The van der Waals surface area contributed by atoms with Crippen molar-refractivity contribution in [2.75, 3.05) is 6.54 Å². The number of hydrogen-bond acceptors (Lipinski definition) is 8. The molecule has 0 saturated heterocycles. The smallest absolute Gasteiger partial charge is 0.409 e. The van der Waals surface area contributed by atoms with Crippen molar-refractivity contribution in [2.24, 2.45) is 5.73 Å². The number of aromatic nitrogens is 2. The second kappa shape index (κ2) is 11.7. The minimum Gasteiger partial charge on any atom is -0.481 e. The van der Waals surface area contributed by atoms with E-state index in [0.29, 0.717) is 18.0 Å². The lowest BCUT2D eigenvalue weighted by Crippen LogP contribution is -2.49. The number of nitrogens with one attached hydrogen (secondary N) is 2. The van der Waals surface area contributed by atoms with E-state index < -0.39 is 30.6 Å². The van der Waals surface area contributed by atoms with Crippen LogP contribution in [-0.4, -0.2) is 46.0 Å². The molecule has 29 heavy (non-hydrogen) atoms. The number of carbonyl (C=O) groups excluding carboxylic acids is 2. The van der Waals surface area contributed by atoms with E-state index in [0.717, 1.165) is 29.7 Å². The number of carboxylic acids is 1. The van der Waals surface area contributed by atoms with Crippen molar-refractivity contribution in [1.82, 2.24) is 20.8 Å². The summed E-state index contributed by atoms with van der Waals surface area (Å²) in [5.41, 5.74) is 6.22. The van der Waals surface area contributed by atoms with Crippen molar-refractivity contribution in [3.63, 3.8) is 0 Å². The molecule has 1 aromatic carbocycles. The maximum Gasteiger partial charge on any atom is 0.409 e. The minimum atomic E-state index is -1.20. The number of benzene rings is 1. The van der Waals surface area contributed by atoms with Gasteiger partial charge in [0.05, 0.1) is 6.42 Å². The number of hydrogen-bond donors (Lipinski definition) is 4. The zero-order valence-corrected chi connectivity index (χ0v) is 16.5. The molecule has 0 aliphatic rings. The number of aryl methyl sites for hydroxylation is 1. The first kappa shape index (κ1) is 22.2. The number of carbonyl (C=O) groups is 3. The Morgan fingerprint density at radius 1 is 1.14 bits per heavy atom. The summed E-state index contributed by atoms with van der Waals surface area (Å²) in [6, 6.07) is 9.00. The molecule has 10 nitrogen and oxygen atoms in total. The summed E-state index contributed by atoms with van der Waals surface area (Å²) in [7, 11) is 0. The summed E-state index contributed by atoms with van der Waals surface area (Å²) in [5, 5.41) is 22.3. The van der Waals surface area contributed by atoms with Crippen LogP contribution in [0.15, 0.2) is 30.3 Å². The van der Waals surface area contributed by atoms with Crippen molar-refractivity contribution >= 4 is 29.3 Å². The first-order valence-electron chi connectivity index (χ1n) is 9.00. The topological polar surface area (TPSA) is 157 Å². The van der Waals surface area contributed by atoms with Crippen LogP contribution in [0.2, 0.25) is 0 Å². The number of nitrogens with two attached hydrogens (primary N) is 1. The van der Waals surface area contributed by atoms with Crippen LogP contribution in [0.3, 0.4) is 0 Å². The summed E-state index contributed by atoms with van der Waals surface area (Å²) in [6.07, 6.45) is -0.188. The lowest BCUT2D eigenvalue weighted by atomic mass is 10.2.